The van der Waals surface area contributed by atoms with E-state index in [4.69, 9.17) is 14.6 Å². The van der Waals surface area contributed by atoms with Crippen molar-refractivity contribution in [2.75, 3.05) is 38.6 Å². The Morgan fingerprint density at radius 3 is 2.42 bits per heavy atom. The summed E-state index contributed by atoms with van der Waals surface area (Å²) >= 11 is 0. The van der Waals surface area contributed by atoms with Crippen LogP contribution in [0.2, 0.25) is 0 Å². The van der Waals surface area contributed by atoms with Crippen molar-refractivity contribution in [2.24, 2.45) is 10.1 Å². The lowest BCUT2D eigenvalue weighted by Gasteiger charge is -2.14. The molecule has 0 unspecified atom stereocenters. The Labute approximate surface area is 156 Å². The van der Waals surface area contributed by atoms with Gasteiger partial charge in [-0.2, -0.15) is 0 Å². The highest BCUT2D eigenvalue weighted by Gasteiger charge is 2.07. The molecule has 1 rings (SSSR count). The van der Waals surface area contributed by atoms with E-state index in [0.717, 1.165) is 23.5 Å². The van der Waals surface area contributed by atoms with Crippen LogP contribution < -0.4 is 25.2 Å². The molecule has 148 valence electrons. The number of hydrogen-bond acceptors (Lipinski definition) is 5. The Morgan fingerprint density at radius 2 is 1.81 bits per heavy atom. The van der Waals surface area contributed by atoms with Crippen molar-refractivity contribution in [1.82, 2.24) is 10.6 Å². The molecule has 0 atom stereocenters. The number of guanidine groups is 1. The van der Waals surface area contributed by atoms with Crippen molar-refractivity contribution in [3.63, 3.8) is 0 Å². The van der Waals surface area contributed by atoms with Crippen LogP contribution in [-0.4, -0.2) is 53.0 Å². The van der Waals surface area contributed by atoms with Gasteiger partial charge in [-0.3, -0.25) is 4.99 Å². The molecular weight excluding hydrogens is 356 g/mol. The molecule has 4 N–H and O–H groups in total. The average Bonchev–Trinajstić information content (AvgIpc) is 2.56. The molecule has 1 aromatic rings. The first-order valence-corrected chi connectivity index (χ1v) is 10.5. The molecule has 9 heteroatoms. The summed E-state index contributed by atoms with van der Waals surface area (Å²) in [5, 5.41) is 11.2. The van der Waals surface area contributed by atoms with Crippen LogP contribution in [0.3, 0.4) is 0 Å². The van der Waals surface area contributed by atoms with Crippen molar-refractivity contribution in [3.05, 3.63) is 23.8 Å². The average molecular weight is 387 g/mol. The molecule has 26 heavy (non-hydrogen) atoms. The van der Waals surface area contributed by atoms with Crippen molar-refractivity contribution >= 4 is 16.0 Å². The first kappa shape index (κ1) is 22.0. The van der Waals surface area contributed by atoms with Gasteiger partial charge in [0.2, 0.25) is 10.0 Å². The molecule has 0 spiro atoms. The lowest BCUT2D eigenvalue weighted by molar-refractivity contribution is 0.287. The fourth-order valence-corrected chi connectivity index (χ4v) is 2.55. The number of sulfonamides is 1. The van der Waals surface area contributed by atoms with E-state index < -0.39 is 10.0 Å². The normalized spacial score (nSPS) is 11.9. The summed E-state index contributed by atoms with van der Waals surface area (Å²) in [5.74, 6) is 1.86. The predicted molar refractivity (Wildman–Crippen MR) is 104 cm³/mol. The standard InChI is InChI=1S/C17H30N4O4S/c1-4-19-17(21-11-12-26(18,22)23)20-10-9-14-7-8-15(24-5-2)16(13-14)25-6-3/h7-8,13H,4-6,9-12H2,1-3H3,(H2,18,22,23)(H2,19,20,21). The smallest absolute Gasteiger partial charge is 0.210 e. The van der Waals surface area contributed by atoms with Gasteiger partial charge in [-0.25, -0.2) is 13.6 Å². The Bertz CT molecular complexity index is 677. The van der Waals surface area contributed by atoms with Crippen LogP contribution in [0.4, 0.5) is 0 Å². The molecule has 1 aromatic carbocycles. The van der Waals surface area contributed by atoms with E-state index >= 15 is 0 Å². The van der Waals surface area contributed by atoms with Gasteiger partial charge in [0.05, 0.1) is 25.5 Å². The minimum atomic E-state index is -3.51. The van der Waals surface area contributed by atoms with E-state index in [2.05, 4.69) is 15.6 Å². The number of nitrogens with two attached hydrogens (primary N) is 1. The number of hydrogen-bond donors (Lipinski definition) is 3. The highest BCUT2D eigenvalue weighted by molar-refractivity contribution is 7.89. The largest absolute Gasteiger partial charge is 0.490 e. The molecule has 0 radical (unpaired) electrons. The van der Waals surface area contributed by atoms with Crippen molar-refractivity contribution in [1.29, 1.82) is 0 Å². The van der Waals surface area contributed by atoms with E-state index in [1.165, 1.54) is 0 Å². The van der Waals surface area contributed by atoms with Crippen molar-refractivity contribution in [2.45, 2.75) is 27.2 Å². The third-order valence-corrected chi connectivity index (χ3v) is 4.06. The lowest BCUT2D eigenvalue weighted by Crippen LogP contribution is -2.38. The fraction of sp³-hybridized carbons (Fsp3) is 0.588. The summed E-state index contributed by atoms with van der Waals surface area (Å²) in [6.45, 7) is 8.41. The highest BCUT2D eigenvalue weighted by Crippen LogP contribution is 2.28. The minimum Gasteiger partial charge on any atom is -0.490 e. The quantitative estimate of drug-likeness (QED) is 0.384. The Balaban J connectivity index is 2.62. The van der Waals surface area contributed by atoms with Gasteiger partial charge >= 0.3 is 0 Å². The molecule has 0 fully saturated rings. The van der Waals surface area contributed by atoms with Gasteiger partial charge < -0.3 is 20.1 Å². The van der Waals surface area contributed by atoms with E-state index in [-0.39, 0.29) is 12.3 Å². The second-order valence-electron chi connectivity index (χ2n) is 5.45. The predicted octanol–water partition coefficient (Wildman–Crippen LogP) is 0.870. The number of ether oxygens (including phenoxy) is 2. The van der Waals surface area contributed by atoms with Crippen LogP contribution >= 0.6 is 0 Å². The summed E-state index contributed by atoms with van der Waals surface area (Å²) < 4.78 is 33.1. The maximum atomic E-state index is 11.0. The number of aliphatic imine (C=N–C) groups is 1. The first-order chi connectivity index (χ1) is 12.4. The second kappa shape index (κ2) is 11.6. The molecule has 0 heterocycles. The molecule has 0 saturated carbocycles. The summed E-state index contributed by atoms with van der Waals surface area (Å²) in [6, 6.07) is 5.89. The van der Waals surface area contributed by atoms with Gasteiger partial charge in [-0.1, -0.05) is 6.07 Å². The molecule has 8 nitrogen and oxygen atoms in total. The summed E-state index contributed by atoms with van der Waals surface area (Å²) in [6.07, 6.45) is 0.756. The van der Waals surface area contributed by atoms with Crippen LogP contribution in [0.5, 0.6) is 11.5 Å². The van der Waals surface area contributed by atoms with Crippen LogP contribution in [0, 0.1) is 0 Å². The number of benzene rings is 1. The summed E-state index contributed by atoms with van der Waals surface area (Å²) in [7, 11) is -3.51. The molecule has 0 aliphatic rings. The number of rotatable bonds is 11. The topological polar surface area (TPSA) is 115 Å². The van der Waals surface area contributed by atoms with Gasteiger partial charge in [0.1, 0.15) is 0 Å². The number of nitrogens with zero attached hydrogens (tertiary/aromatic N) is 1. The van der Waals surface area contributed by atoms with Gasteiger partial charge in [-0.05, 0) is 44.9 Å². The summed E-state index contributed by atoms with van der Waals surface area (Å²) in [4.78, 5) is 4.21. The zero-order chi connectivity index (χ0) is 19.4. The molecule has 0 bridgehead atoms. The van der Waals surface area contributed by atoms with E-state index in [1.54, 1.807) is 0 Å². The molecule has 0 amide bonds. The van der Waals surface area contributed by atoms with Crippen molar-refractivity contribution in [3.8, 4) is 11.5 Å². The highest BCUT2D eigenvalue weighted by atomic mass is 32.2. The minimum absolute atomic E-state index is 0.117. The Kier molecular flexibility index (Phi) is 9.82. The third-order valence-electron chi connectivity index (χ3n) is 3.30. The Morgan fingerprint density at radius 1 is 1.12 bits per heavy atom. The van der Waals surface area contributed by atoms with E-state index in [0.29, 0.717) is 32.3 Å². The zero-order valence-corrected chi connectivity index (χ0v) is 16.6. The molecule has 0 saturated heterocycles. The van der Waals surface area contributed by atoms with Crippen LogP contribution in [-0.2, 0) is 16.4 Å². The fourth-order valence-electron chi connectivity index (χ4n) is 2.20. The molecule has 0 aliphatic carbocycles. The SMILES string of the molecule is CCNC(=NCCS(N)(=O)=O)NCCc1ccc(OCC)c(OCC)c1. The zero-order valence-electron chi connectivity index (χ0n) is 15.7. The maximum Gasteiger partial charge on any atom is 0.210 e. The molecule has 0 aromatic heterocycles. The third kappa shape index (κ3) is 8.91. The second-order valence-corrected chi connectivity index (χ2v) is 7.19. The Hall–Kier alpha value is -2.00. The number of primary sulfonamides is 1. The van der Waals surface area contributed by atoms with Gasteiger partial charge in [-0.15, -0.1) is 0 Å². The monoisotopic (exact) mass is 386 g/mol. The van der Waals surface area contributed by atoms with Crippen LogP contribution in [0.25, 0.3) is 0 Å². The van der Waals surface area contributed by atoms with Gasteiger partial charge in [0.15, 0.2) is 17.5 Å². The van der Waals surface area contributed by atoms with Crippen LogP contribution in [0.1, 0.15) is 26.3 Å². The lowest BCUT2D eigenvalue weighted by atomic mass is 10.1. The first-order valence-electron chi connectivity index (χ1n) is 8.80. The van der Waals surface area contributed by atoms with Gasteiger partial charge in [0.25, 0.3) is 0 Å². The van der Waals surface area contributed by atoms with Crippen LogP contribution in [0.15, 0.2) is 23.2 Å². The van der Waals surface area contributed by atoms with E-state index in [1.807, 2.05) is 39.0 Å². The maximum absolute atomic E-state index is 11.0. The van der Waals surface area contributed by atoms with Crippen molar-refractivity contribution < 1.29 is 17.9 Å². The van der Waals surface area contributed by atoms with E-state index in [9.17, 15) is 8.42 Å². The molecule has 0 aliphatic heterocycles. The molecular formula is C17H30N4O4S. The van der Waals surface area contributed by atoms with Gasteiger partial charge in [0, 0.05) is 13.1 Å². The summed E-state index contributed by atoms with van der Waals surface area (Å²) in [5.41, 5.74) is 1.10. The number of nitrogens with one attached hydrogen (secondary N) is 2.